The van der Waals surface area contributed by atoms with Crippen LogP contribution in [0.4, 0.5) is 5.82 Å². The minimum atomic E-state index is 0.147. The van der Waals surface area contributed by atoms with E-state index >= 15 is 0 Å². The van der Waals surface area contributed by atoms with Crippen molar-refractivity contribution in [3.63, 3.8) is 0 Å². The summed E-state index contributed by atoms with van der Waals surface area (Å²) in [6.07, 6.45) is 5.47. The van der Waals surface area contributed by atoms with Crippen molar-refractivity contribution in [1.29, 1.82) is 0 Å². The summed E-state index contributed by atoms with van der Waals surface area (Å²) in [6, 6.07) is 12.9. The molecule has 3 nitrogen and oxygen atoms in total. The number of anilines is 1. The molecule has 3 heteroatoms. The van der Waals surface area contributed by atoms with E-state index in [4.69, 9.17) is 4.74 Å². The summed E-state index contributed by atoms with van der Waals surface area (Å²) < 4.78 is 5.85. The van der Waals surface area contributed by atoms with E-state index in [0.29, 0.717) is 6.04 Å². The van der Waals surface area contributed by atoms with Gasteiger partial charge >= 0.3 is 0 Å². The van der Waals surface area contributed by atoms with Crippen molar-refractivity contribution < 1.29 is 4.74 Å². The van der Waals surface area contributed by atoms with Crippen LogP contribution in [0.25, 0.3) is 0 Å². The lowest BCUT2D eigenvalue weighted by Crippen LogP contribution is -2.19. The van der Waals surface area contributed by atoms with E-state index in [0.717, 1.165) is 18.0 Å². The Kier molecular flexibility index (Phi) is 4.09. The van der Waals surface area contributed by atoms with Gasteiger partial charge in [0.15, 0.2) is 11.6 Å². The molecule has 110 valence electrons. The van der Waals surface area contributed by atoms with Gasteiger partial charge in [0.1, 0.15) is 0 Å². The van der Waals surface area contributed by atoms with Crippen molar-refractivity contribution in [2.45, 2.75) is 45.3 Å². The third-order valence-electron chi connectivity index (χ3n) is 3.81. The highest BCUT2D eigenvalue weighted by molar-refractivity contribution is 5.52. The van der Waals surface area contributed by atoms with Crippen molar-refractivity contribution in [3.8, 4) is 5.75 Å². The number of hydrogen-bond acceptors (Lipinski definition) is 3. The van der Waals surface area contributed by atoms with E-state index < -0.39 is 0 Å². The molecule has 0 bridgehead atoms. The predicted molar refractivity (Wildman–Crippen MR) is 85.7 cm³/mol. The molecule has 0 radical (unpaired) electrons. The van der Waals surface area contributed by atoms with Crippen LogP contribution in [0.3, 0.4) is 0 Å². The first kappa shape index (κ1) is 13.9. The molecule has 1 atom stereocenters. The van der Waals surface area contributed by atoms with Crippen LogP contribution in [-0.4, -0.2) is 11.1 Å². The van der Waals surface area contributed by atoms with Gasteiger partial charge in [-0.05, 0) is 56.4 Å². The third-order valence-corrected chi connectivity index (χ3v) is 3.81. The molecular weight excluding hydrogens is 260 g/mol. The summed E-state index contributed by atoms with van der Waals surface area (Å²) in [5.41, 5.74) is 2.84. The van der Waals surface area contributed by atoms with Gasteiger partial charge in [0.05, 0.1) is 12.1 Å². The van der Waals surface area contributed by atoms with E-state index in [1.165, 1.54) is 24.0 Å². The van der Waals surface area contributed by atoms with E-state index in [-0.39, 0.29) is 6.10 Å². The Morgan fingerprint density at radius 3 is 2.90 bits per heavy atom. The molecule has 0 amide bonds. The van der Waals surface area contributed by atoms with Crippen LogP contribution in [0.1, 0.15) is 43.9 Å². The van der Waals surface area contributed by atoms with E-state index in [1.807, 2.05) is 32.2 Å². The molecule has 0 saturated heterocycles. The van der Waals surface area contributed by atoms with Gasteiger partial charge in [0.2, 0.25) is 0 Å². The second kappa shape index (κ2) is 6.17. The lowest BCUT2D eigenvalue weighted by Gasteiger charge is -2.27. The number of fused-ring (bicyclic) bond motifs is 1. The molecule has 21 heavy (non-hydrogen) atoms. The highest BCUT2D eigenvalue weighted by Crippen LogP contribution is 2.34. The molecule has 0 spiro atoms. The smallest absolute Gasteiger partial charge is 0.169 e. The predicted octanol–water partition coefficient (Wildman–Crippen LogP) is 4.36. The zero-order valence-electron chi connectivity index (χ0n) is 12.7. The van der Waals surface area contributed by atoms with Gasteiger partial charge < -0.3 is 10.1 Å². The van der Waals surface area contributed by atoms with Crippen LogP contribution < -0.4 is 10.1 Å². The fraction of sp³-hybridized carbons (Fsp3) is 0.389. The summed E-state index contributed by atoms with van der Waals surface area (Å²) >= 11 is 0. The van der Waals surface area contributed by atoms with Crippen molar-refractivity contribution in [2.75, 3.05) is 5.32 Å². The van der Waals surface area contributed by atoms with Crippen LogP contribution in [0.15, 0.2) is 42.6 Å². The second-order valence-electron chi connectivity index (χ2n) is 5.80. The average Bonchev–Trinajstić information content (AvgIpc) is 2.49. The molecule has 3 rings (SSSR count). The van der Waals surface area contributed by atoms with Crippen molar-refractivity contribution in [2.24, 2.45) is 0 Å². The molecular formula is C18H22N2O. The summed E-state index contributed by atoms with van der Waals surface area (Å²) in [5.74, 6) is 1.67. The van der Waals surface area contributed by atoms with Crippen LogP contribution >= 0.6 is 0 Å². The number of rotatable bonds is 4. The quantitative estimate of drug-likeness (QED) is 0.904. The summed E-state index contributed by atoms with van der Waals surface area (Å²) in [6.45, 7) is 4.07. The number of ether oxygens (including phenoxy) is 1. The van der Waals surface area contributed by atoms with Gasteiger partial charge in [-0.25, -0.2) is 4.98 Å². The molecule has 0 aliphatic heterocycles. The maximum atomic E-state index is 5.85. The molecule has 1 aliphatic carbocycles. The Hall–Kier alpha value is -2.03. The van der Waals surface area contributed by atoms with Crippen LogP contribution in [0.2, 0.25) is 0 Å². The Labute approximate surface area is 126 Å². The normalized spacial score (nSPS) is 17.4. The van der Waals surface area contributed by atoms with E-state index in [1.54, 1.807) is 0 Å². The van der Waals surface area contributed by atoms with Crippen LogP contribution in [-0.2, 0) is 6.42 Å². The monoisotopic (exact) mass is 282 g/mol. The van der Waals surface area contributed by atoms with Gasteiger partial charge in [-0.2, -0.15) is 0 Å². The number of benzene rings is 1. The Bertz CT molecular complexity index is 610. The largest absolute Gasteiger partial charge is 0.487 e. The lowest BCUT2D eigenvalue weighted by atomic mass is 9.88. The minimum Gasteiger partial charge on any atom is -0.487 e. The van der Waals surface area contributed by atoms with Crippen LogP contribution in [0, 0.1) is 0 Å². The van der Waals surface area contributed by atoms with Crippen molar-refractivity contribution in [1.82, 2.24) is 4.98 Å². The van der Waals surface area contributed by atoms with Gasteiger partial charge in [-0.1, -0.05) is 24.3 Å². The van der Waals surface area contributed by atoms with Gasteiger partial charge in [0.25, 0.3) is 0 Å². The number of aromatic nitrogens is 1. The molecule has 1 heterocycles. The summed E-state index contributed by atoms with van der Waals surface area (Å²) in [7, 11) is 0. The highest BCUT2D eigenvalue weighted by Gasteiger charge is 2.21. The maximum Gasteiger partial charge on any atom is 0.169 e. The first-order valence-electron chi connectivity index (χ1n) is 7.70. The minimum absolute atomic E-state index is 0.147. The van der Waals surface area contributed by atoms with Crippen molar-refractivity contribution >= 4 is 5.82 Å². The molecule has 1 N–H and O–H groups in total. The second-order valence-corrected chi connectivity index (χ2v) is 5.80. The fourth-order valence-electron chi connectivity index (χ4n) is 2.92. The van der Waals surface area contributed by atoms with E-state index in [9.17, 15) is 0 Å². The Morgan fingerprint density at radius 1 is 1.19 bits per heavy atom. The number of nitrogens with one attached hydrogen (secondary N) is 1. The summed E-state index contributed by atoms with van der Waals surface area (Å²) in [4.78, 5) is 4.46. The lowest BCUT2D eigenvalue weighted by molar-refractivity contribution is 0.242. The first-order valence-corrected chi connectivity index (χ1v) is 7.70. The molecule has 2 aromatic rings. The number of nitrogens with zero attached hydrogens (tertiary/aromatic N) is 1. The molecule has 0 fully saturated rings. The molecule has 1 aliphatic rings. The van der Waals surface area contributed by atoms with Crippen molar-refractivity contribution in [3.05, 3.63) is 53.7 Å². The molecule has 1 aromatic carbocycles. The van der Waals surface area contributed by atoms with Gasteiger partial charge in [-0.15, -0.1) is 0 Å². The molecule has 0 saturated carbocycles. The first-order chi connectivity index (χ1) is 10.2. The number of aryl methyl sites for hydroxylation is 1. The zero-order valence-corrected chi connectivity index (χ0v) is 12.7. The molecule has 1 unspecified atom stereocenters. The molecule has 1 aromatic heterocycles. The average molecular weight is 282 g/mol. The highest BCUT2D eigenvalue weighted by atomic mass is 16.5. The third kappa shape index (κ3) is 3.18. The topological polar surface area (TPSA) is 34.1 Å². The standard InChI is InChI=1S/C18H22N2O/c1-13(2)21-17-11-6-12-19-18(17)20-16-10-5-8-14-7-3-4-9-15(14)16/h3-4,6-7,9,11-13,16H,5,8,10H2,1-2H3,(H,19,20). The van der Waals surface area contributed by atoms with E-state index in [2.05, 4.69) is 34.6 Å². The zero-order chi connectivity index (χ0) is 14.7. The van der Waals surface area contributed by atoms with Gasteiger partial charge in [0, 0.05) is 6.20 Å². The Morgan fingerprint density at radius 2 is 2.05 bits per heavy atom. The number of pyridine rings is 1. The summed E-state index contributed by atoms with van der Waals surface area (Å²) in [5, 5.41) is 3.57. The fourth-order valence-corrected chi connectivity index (χ4v) is 2.92. The SMILES string of the molecule is CC(C)Oc1cccnc1NC1CCCc2ccccc21. The van der Waals surface area contributed by atoms with Crippen LogP contribution in [0.5, 0.6) is 5.75 Å². The Balaban J connectivity index is 1.85. The number of hydrogen-bond donors (Lipinski definition) is 1. The van der Waals surface area contributed by atoms with Gasteiger partial charge in [-0.3, -0.25) is 0 Å². The maximum absolute atomic E-state index is 5.85.